The van der Waals surface area contributed by atoms with Crippen LogP contribution in [0.2, 0.25) is 0 Å². The van der Waals surface area contributed by atoms with E-state index in [2.05, 4.69) is 25.3 Å². The van der Waals surface area contributed by atoms with Gasteiger partial charge >= 0.3 is 0 Å². The summed E-state index contributed by atoms with van der Waals surface area (Å²) in [5.41, 5.74) is 0.684. The molecule has 2 heteroatoms. The third-order valence-electron chi connectivity index (χ3n) is 3.79. The van der Waals surface area contributed by atoms with E-state index in [1.165, 1.54) is 32.1 Å². The summed E-state index contributed by atoms with van der Waals surface area (Å²) in [5.74, 6) is 0.862. The topological polar surface area (TPSA) is 20.3 Å². The molecule has 2 nitrogen and oxygen atoms in total. The van der Waals surface area contributed by atoms with Gasteiger partial charge in [0.2, 0.25) is 5.91 Å². The molecule has 0 aromatic heterocycles. The number of carbonyl (C=O) groups is 1. The van der Waals surface area contributed by atoms with Gasteiger partial charge in [0, 0.05) is 18.2 Å². The first-order chi connectivity index (χ1) is 8.11. The van der Waals surface area contributed by atoms with E-state index >= 15 is 0 Å². The molecular formula is C15H27NO. The van der Waals surface area contributed by atoms with Crippen LogP contribution in [0.5, 0.6) is 0 Å². The summed E-state index contributed by atoms with van der Waals surface area (Å²) in [4.78, 5) is 14.2. The summed E-state index contributed by atoms with van der Waals surface area (Å²) in [5, 5.41) is 0. The highest BCUT2D eigenvalue weighted by molar-refractivity contribution is 5.92. The molecule has 1 aliphatic heterocycles. The molecule has 0 radical (unpaired) electrons. The highest BCUT2D eigenvalue weighted by Gasteiger charge is 2.33. The van der Waals surface area contributed by atoms with E-state index in [9.17, 15) is 4.79 Å². The first-order valence-electron chi connectivity index (χ1n) is 7.08. The second-order valence-corrected chi connectivity index (χ2v) is 5.33. The van der Waals surface area contributed by atoms with Crippen molar-refractivity contribution in [3.63, 3.8) is 0 Å². The standard InChI is InChI=1S/C15H27NO/c1-5-8-13(9-6-2)14-10-7-11-16(14)15(17)12(3)4/h13-14H,3,5-11H2,1-2,4H3. The molecule has 1 saturated heterocycles. The summed E-state index contributed by atoms with van der Waals surface area (Å²) in [6.07, 6.45) is 7.28. The Balaban J connectivity index is 2.71. The summed E-state index contributed by atoms with van der Waals surface area (Å²) >= 11 is 0. The van der Waals surface area contributed by atoms with E-state index in [4.69, 9.17) is 0 Å². The van der Waals surface area contributed by atoms with Gasteiger partial charge in [-0.15, -0.1) is 0 Å². The molecule has 0 aliphatic carbocycles. The second kappa shape index (κ2) is 6.83. The third kappa shape index (κ3) is 3.58. The van der Waals surface area contributed by atoms with Gasteiger partial charge in [-0.3, -0.25) is 4.79 Å². The fraction of sp³-hybridized carbons (Fsp3) is 0.800. The maximum absolute atomic E-state index is 12.1. The van der Waals surface area contributed by atoms with Gasteiger partial charge in [-0.25, -0.2) is 0 Å². The van der Waals surface area contributed by atoms with E-state index in [1.807, 2.05) is 6.92 Å². The normalized spacial score (nSPS) is 20.0. The molecule has 1 amide bonds. The van der Waals surface area contributed by atoms with Crippen molar-refractivity contribution in [2.45, 2.75) is 65.3 Å². The van der Waals surface area contributed by atoms with Crippen molar-refractivity contribution in [2.75, 3.05) is 6.54 Å². The van der Waals surface area contributed by atoms with Crippen molar-refractivity contribution in [2.24, 2.45) is 5.92 Å². The van der Waals surface area contributed by atoms with Crippen LogP contribution in [0.1, 0.15) is 59.3 Å². The Morgan fingerprint density at radius 1 is 1.35 bits per heavy atom. The lowest BCUT2D eigenvalue weighted by Crippen LogP contribution is -2.40. The average Bonchev–Trinajstić information content (AvgIpc) is 2.76. The Hall–Kier alpha value is -0.790. The lowest BCUT2D eigenvalue weighted by Gasteiger charge is -2.32. The van der Waals surface area contributed by atoms with E-state index in [-0.39, 0.29) is 5.91 Å². The fourth-order valence-electron chi connectivity index (χ4n) is 3.05. The number of hydrogen-bond acceptors (Lipinski definition) is 1. The fourth-order valence-corrected chi connectivity index (χ4v) is 3.05. The second-order valence-electron chi connectivity index (χ2n) is 5.33. The predicted molar refractivity (Wildman–Crippen MR) is 72.9 cm³/mol. The van der Waals surface area contributed by atoms with E-state index in [0.717, 1.165) is 13.0 Å². The zero-order valence-corrected chi connectivity index (χ0v) is 11.7. The van der Waals surface area contributed by atoms with Crippen molar-refractivity contribution in [3.05, 3.63) is 12.2 Å². The molecular weight excluding hydrogens is 210 g/mol. The molecule has 1 heterocycles. The van der Waals surface area contributed by atoms with Crippen LogP contribution >= 0.6 is 0 Å². The Morgan fingerprint density at radius 2 is 1.94 bits per heavy atom. The van der Waals surface area contributed by atoms with E-state index < -0.39 is 0 Å². The lowest BCUT2D eigenvalue weighted by atomic mass is 9.89. The Labute approximate surface area is 106 Å². The van der Waals surface area contributed by atoms with Gasteiger partial charge in [0.1, 0.15) is 0 Å². The molecule has 0 aromatic carbocycles. The SMILES string of the molecule is C=C(C)C(=O)N1CCCC1C(CCC)CCC. The quantitative estimate of drug-likeness (QED) is 0.644. The van der Waals surface area contributed by atoms with Gasteiger partial charge in [0.15, 0.2) is 0 Å². The van der Waals surface area contributed by atoms with Gasteiger partial charge in [-0.1, -0.05) is 33.3 Å². The van der Waals surface area contributed by atoms with Crippen molar-refractivity contribution in [1.29, 1.82) is 0 Å². The minimum absolute atomic E-state index is 0.171. The van der Waals surface area contributed by atoms with Gasteiger partial charge in [0.05, 0.1) is 0 Å². The molecule has 0 N–H and O–H groups in total. The predicted octanol–water partition coefficient (Wildman–Crippen LogP) is 3.77. The molecule has 1 aliphatic rings. The minimum atomic E-state index is 0.171. The van der Waals surface area contributed by atoms with E-state index in [0.29, 0.717) is 17.5 Å². The highest BCUT2D eigenvalue weighted by atomic mass is 16.2. The van der Waals surface area contributed by atoms with Crippen LogP contribution in [0.25, 0.3) is 0 Å². The maximum Gasteiger partial charge on any atom is 0.249 e. The molecule has 0 aromatic rings. The summed E-state index contributed by atoms with van der Waals surface area (Å²) in [6, 6.07) is 0.471. The summed E-state index contributed by atoms with van der Waals surface area (Å²) in [6.45, 7) is 11.0. The van der Waals surface area contributed by atoms with Crippen molar-refractivity contribution >= 4 is 5.91 Å². The van der Waals surface area contributed by atoms with Crippen LogP contribution in [0.15, 0.2) is 12.2 Å². The molecule has 1 rings (SSSR count). The number of carbonyl (C=O) groups excluding carboxylic acids is 1. The first kappa shape index (κ1) is 14.3. The Bertz CT molecular complexity index is 266. The summed E-state index contributed by atoms with van der Waals surface area (Å²) < 4.78 is 0. The third-order valence-corrected chi connectivity index (χ3v) is 3.79. The maximum atomic E-state index is 12.1. The van der Waals surface area contributed by atoms with E-state index in [1.54, 1.807) is 0 Å². The van der Waals surface area contributed by atoms with Crippen LogP contribution in [0.3, 0.4) is 0 Å². The smallest absolute Gasteiger partial charge is 0.249 e. The first-order valence-corrected chi connectivity index (χ1v) is 7.08. The number of nitrogens with zero attached hydrogens (tertiary/aromatic N) is 1. The zero-order chi connectivity index (χ0) is 12.8. The van der Waals surface area contributed by atoms with Crippen LogP contribution in [0.4, 0.5) is 0 Å². The van der Waals surface area contributed by atoms with Crippen molar-refractivity contribution < 1.29 is 4.79 Å². The molecule has 0 saturated carbocycles. The molecule has 1 unspecified atom stereocenters. The van der Waals surface area contributed by atoms with Crippen molar-refractivity contribution in [1.82, 2.24) is 4.90 Å². The molecule has 1 atom stereocenters. The molecule has 0 bridgehead atoms. The van der Waals surface area contributed by atoms with Gasteiger partial charge in [-0.2, -0.15) is 0 Å². The summed E-state index contributed by atoms with van der Waals surface area (Å²) in [7, 11) is 0. The van der Waals surface area contributed by atoms with Crippen LogP contribution < -0.4 is 0 Å². The van der Waals surface area contributed by atoms with Crippen LogP contribution in [0, 0.1) is 5.92 Å². The highest BCUT2D eigenvalue weighted by Crippen LogP contribution is 2.30. The number of amides is 1. The monoisotopic (exact) mass is 237 g/mol. The molecule has 98 valence electrons. The van der Waals surface area contributed by atoms with Gasteiger partial charge in [-0.05, 0) is 38.5 Å². The zero-order valence-electron chi connectivity index (χ0n) is 11.7. The molecule has 17 heavy (non-hydrogen) atoms. The number of likely N-dealkylation sites (tertiary alicyclic amines) is 1. The molecule has 1 fully saturated rings. The van der Waals surface area contributed by atoms with Crippen LogP contribution in [-0.2, 0) is 4.79 Å². The van der Waals surface area contributed by atoms with Crippen LogP contribution in [-0.4, -0.2) is 23.4 Å². The molecule has 0 spiro atoms. The lowest BCUT2D eigenvalue weighted by molar-refractivity contribution is -0.128. The Kier molecular flexibility index (Phi) is 5.73. The number of rotatable bonds is 6. The largest absolute Gasteiger partial charge is 0.336 e. The van der Waals surface area contributed by atoms with Gasteiger partial charge < -0.3 is 4.90 Å². The van der Waals surface area contributed by atoms with Crippen molar-refractivity contribution in [3.8, 4) is 0 Å². The number of hydrogen-bond donors (Lipinski definition) is 0. The average molecular weight is 237 g/mol. The Morgan fingerprint density at radius 3 is 2.41 bits per heavy atom. The minimum Gasteiger partial charge on any atom is -0.336 e. The van der Waals surface area contributed by atoms with Gasteiger partial charge in [0.25, 0.3) is 0 Å².